The molecule has 0 saturated carbocycles. The summed E-state index contributed by atoms with van der Waals surface area (Å²) in [5.74, 6) is 0.470. The van der Waals surface area contributed by atoms with E-state index in [4.69, 9.17) is 5.11 Å². The highest BCUT2D eigenvalue weighted by atomic mass is 79.9. The Hall–Kier alpha value is -1.17. The predicted molar refractivity (Wildman–Crippen MR) is 63.1 cm³/mol. The summed E-state index contributed by atoms with van der Waals surface area (Å²) in [5, 5.41) is 11.2. The van der Waals surface area contributed by atoms with Gasteiger partial charge >= 0.3 is 6.09 Å². The van der Waals surface area contributed by atoms with Crippen LogP contribution in [0.3, 0.4) is 0 Å². The van der Waals surface area contributed by atoms with Crippen LogP contribution in [0.15, 0.2) is 16.9 Å². The number of hydrogen-bond acceptors (Lipinski definition) is 3. The largest absolute Gasteiger partial charge is 0.465 e. The van der Waals surface area contributed by atoms with Crippen molar-refractivity contribution in [2.24, 2.45) is 5.41 Å². The molecule has 0 aliphatic rings. The molecule has 0 saturated heterocycles. The molecular formula is C10H14BrN3O2. The maximum Gasteiger partial charge on any atom is 0.405 e. The third kappa shape index (κ3) is 3.44. The second-order valence-corrected chi connectivity index (χ2v) is 5.42. The second-order valence-electron chi connectivity index (χ2n) is 4.51. The fourth-order valence-corrected chi connectivity index (χ4v) is 1.47. The van der Waals surface area contributed by atoms with Crippen LogP contribution in [-0.2, 0) is 0 Å². The topological polar surface area (TPSA) is 75.1 Å². The third-order valence-electron chi connectivity index (χ3n) is 2.03. The molecule has 5 nitrogen and oxygen atoms in total. The highest BCUT2D eigenvalue weighted by molar-refractivity contribution is 9.10. The number of aromatic nitrogens is 2. The summed E-state index contributed by atoms with van der Waals surface area (Å²) in [6.45, 7) is 5.79. The molecule has 2 N–H and O–H groups in total. The number of amides is 1. The van der Waals surface area contributed by atoms with Crippen LogP contribution in [0.25, 0.3) is 0 Å². The number of nitrogens with one attached hydrogen (secondary N) is 1. The van der Waals surface area contributed by atoms with E-state index in [9.17, 15) is 4.79 Å². The van der Waals surface area contributed by atoms with Crippen LogP contribution in [-0.4, -0.2) is 21.2 Å². The molecule has 1 aromatic heterocycles. The Bertz CT molecular complexity index is 373. The molecule has 0 aromatic carbocycles. The molecule has 88 valence electrons. The van der Waals surface area contributed by atoms with Crippen molar-refractivity contribution in [1.82, 2.24) is 15.3 Å². The van der Waals surface area contributed by atoms with Crippen molar-refractivity contribution in [3.05, 3.63) is 22.7 Å². The molecule has 1 amide bonds. The first-order chi connectivity index (χ1) is 7.30. The first kappa shape index (κ1) is 12.9. The average Bonchev–Trinajstić information content (AvgIpc) is 2.14. The monoisotopic (exact) mass is 287 g/mol. The van der Waals surface area contributed by atoms with Crippen LogP contribution in [0.2, 0.25) is 0 Å². The van der Waals surface area contributed by atoms with Gasteiger partial charge in [0.15, 0.2) is 5.82 Å². The van der Waals surface area contributed by atoms with Gasteiger partial charge in [0.1, 0.15) is 0 Å². The van der Waals surface area contributed by atoms with Crippen LogP contribution in [0, 0.1) is 5.41 Å². The van der Waals surface area contributed by atoms with Crippen molar-refractivity contribution < 1.29 is 9.90 Å². The van der Waals surface area contributed by atoms with E-state index in [0.717, 1.165) is 4.47 Å². The Balaban J connectivity index is 3.01. The van der Waals surface area contributed by atoms with E-state index in [1.54, 1.807) is 12.4 Å². The number of carboxylic acid groups (broad SMARTS) is 1. The zero-order valence-corrected chi connectivity index (χ0v) is 10.9. The van der Waals surface area contributed by atoms with Crippen molar-refractivity contribution in [3.63, 3.8) is 0 Å². The molecule has 0 bridgehead atoms. The van der Waals surface area contributed by atoms with E-state index in [-0.39, 0.29) is 5.41 Å². The summed E-state index contributed by atoms with van der Waals surface area (Å²) >= 11 is 3.23. The maximum atomic E-state index is 10.7. The lowest BCUT2D eigenvalue weighted by atomic mass is 9.86. The molecule has 0 aliphatic heterocycles. The molecule has 1 aromatic rings. The van der Waals surface area contributed by atoms with Crippen LogP contribution >= 0.6 is 15.9 Å². The molecule has 1 heterocycles. The molecule has 0 aliphatic carbocycles. The van der Waals surface area contributed by atoms with Gasteiger partial charge in [0, 0.05) is 12.4 Å². The number of carbonyl (C=O) groups is 1. The normalized spacial score (nSPS) is 13.2. The lowest BCUT2D eigenvalue weighted by Crippen LogP contribution is -2.36. The number of hydrogen-bond donors (Lipinski definition) is 2. The van der Waals surface area contributed by atoms with E-state index in [1.807, 2.05) is 20.8 Å². The van der Waals surface area contributed by atoms with Crippen LogP contribution in [0.1, 0.15) is 32.6 Å². The molecule has 1 unspecified atom stereocenters. The summed E-state index contributed by atoms with van der Waals surface area (Å²) in [6, 6.07) is -0.432. The summed E-state index contributed by atoms with van der Waals surface area (Å²) in [4.78, 5) is 18.9. The summed E-state index contributed by atoms with van der Waals surface area (Å²) in [7, 11) is 0. The average molecular weight is 288 g/mol. The van der Waals surface area contributed by atoms with Gasteiger partial charge in [-0.2, -0.15) is 0 Å². The molecular weight excluding hydrogens is 274 g/mol. The minimum Gasteiger partial charge on any atom is -0.465 e. The van der Waals surface area contributed by atoms with Crippen molar-refractivity contribution in [3.8, 4) is 0 Å². The second kappa shape index (κ2) is 4.78. The number of halogens is 1. The zero-order valence-electron chi connectivity index (χ0n) is 9.36. The summed E-state index contributed by atoms with van der Waals surface area (Å²) < 4.78 is 0.763. The fourth-order valence-electron chi connectivity index (χ4n) is 1.26. The first-order valence-corrected chi connectivity index (χ1v) is 5.57. The quantitative estimate of drug-likeness (QED) is 0.877. The molecule has 0 radical (unpaired) electrons. The minimum absolute atomic E-state index is 0.285. The van der Waals surface area contributed by atoms with Crippen LogP contribution < -0.4 is 5.32 Å². The smallest absolute Gasteiger partial charge is 0.405 e. The van der Waals surface area contributed by atoms with Crippen molar-refractivity contribution in [1.29, 1.82) is 0 Å². The SMILES string of the molecule is CC(C)(C)C(NC(=O)O)c1ncc(Br)cn1. The van der Waals surface area contributed by atoms with E-state index in [2.05, 4.69) is 31.2 Å². The summed E-state index contributed by atoms with van der Waals surface area (Å²) in [6.07, 6.45) is 2.13. The Morgan fingerprint density at radius 3 is 2.31 bits per heavy atom. The Morgan fingerprint density at radius 2 is 1.94 bits per heavy atom. The number of nitrogens with zero attached hydrogens (tertiary/aromatic N) is 2. The lowest BCUT2D eigenvalue weighted by molar-refractivity contribution is 0.173. The predicted octanol–water partition coefficient (Wildman–Crippen LogP) is 2.59. The molecule has 0 fully saturated rings. The van der Waals surface area contributed by atoms with Gasteiger partial charge in [-0.3, -0.25) is 0 Å². The Morgan fingerprint density at radius 1 is 1.44 bits per heavy atom. The highest BCUT2D eigenvalue weighted by Crippen LogP contribution is 2.30. The molecule has 6 heteroatoms. The minimum atomic E-state index is -1.08. The van der Waals surface area contributed by atoms with Crippen molar-refractivity contribution in [2.75, 3.05) is 0 Å². The van der Waals surface area contributed by atoms with Crippen LogP contribution in [0.4, 0.5) is 4.79 Å². The van der Waals surface area contributed by atoms with Crippen molar-refractivity contribution in [2.45, 2.75) is 26.8 Å². The third-order valence-corrected chi connectivity index (χ3v) is 2.44. The fraction of sp³-hybridized carbons (Fsp3) is 0.500. The van der Waals surface area contributed by atoms with E-state index in [0.29, 0.717) is 5.82 Å². The van der Waals surface area contributed by atoms with E-state index >= 15 is 0 Å². The van der Waals surface area contributed by atoms with E-state index < -0.39 is 12.1 Å². The van der Waals surface area contributed by atoms with Gasteiger partial charge in [0.05, 0.1) is 10.5 Å². The molecule has 16 heavy (non-hydrogen) atoms. The van der Waals surface area contributed by atoms with Gasteiger partial charge < -0.3 is 10.4 Å². The highest BCUT2D eigenvalue weighted by Gasteiger charge is 2.30. The lowest BCUT2D eigenvalue weighted by Gasteiger charge is -2.28. The standard InChI is InChI=1S/C10H14BrN3O2/c1-10(2,3)7(14-9(15)16)8-12-4-6(11)5-13-8/h4-5,7,14H,1-3H3,(H,15,16). The zero-order chi connectivity index (χ0) is 12.3. The summed E-state index contributed by atoms with van der Waals surface area (Å²) in [5.41, 5.74) is -0.285. The number of rotatable bonds is 2. The van der Waals surface area contributed by atoms with Gasteiger partial charge in [-0.15, -0.1) is 0 Å². The van der Waals surface area contributed by atoms with Gasteiger partial charge in [-0.1, -0.05) is 20.8 Å². The first-order valence-electron chi connectivity index (χ1n) is 4.77. The molecule has 1 atom stereocenters. The Labute approximate surface area is 102 Å². The van der Waals surface area contributed by atoms with Crippen molar-refractivity contribution >= 4 is 22.0 Å². The van der Waals surface area contributed by atoms with Crippen LogP contribution in [0.5, 0.6) is 0 Å². The maximum absolute atomic E-state index is 10.7. The van der Waals surface area contributed by atoms with Gasteiger partial charge in [-0.05, 0) is 21.3 Å². The molecule has 0 spiro atoms. The Kier molecular flexibility index (Phi) is 3.85. The van der Waals surface area contributed by atoms with E-state index in [1.165, 1.54) is 0 Å². The molecule has 1 rings (SSSR count). The van der Waals surface area contributed by atoms with Gasteiger partial charge in [0.2, 0.25) is 0 Å². The van der Waals surface area contributed by atoms with Gasteiger partial charge in [0.25, 0.3) is 0 Å². The van der Waals surface area contributed by atoms with Gasteiger partial charge in [-0.25, -0.2) is 14.8 Å².